The first-order valence-electron chi connectivity index (χ1n) is 49.3. The van der Waals surface area contributed by atoms with Crippen LogP contribution in [0.5, 0.6) is 0 Å². The van der Waals surface area contributed by atoms with Crippen LogP contribution in [0.15, 0.2) is 243 Å². The first-order valence-corrected chi connectivity index (χ1v) is 51.6. The molecule has 0 aliphatic carbocycles. The van der Waals surface area contributed by atoms with Gasteiger partial charge in [0.2, 0.25) is 5.91 Å². The van der Waals surface area contributed by atoms with Gasteiger partial charge in [-0.25, -0.2) is 7.11 Å². The van der Waals surface area contributed by atoms with Crippen LogP contribution in [-0.2, 0) is 164 Å². The molecule has 8 aromatic carbocycles. The number of aliphatic hydroxyl groups is 5. The van der Waals surface area contributed by atoms with Crippen molar-refractivity contribution in [3.8, 4) is 0 Å². The number of carbonyl (C=O) groups excluding carboxylic acids is 5. The molecule has 0 saturated carbocycles. The van der Waals surface area contributed by atoms with E-state index >= 15 is 0 Å². The van der Waals surface area contributed by atoms with E-state index in [1.165, 1.54) is 64.7 Å². The van der Waals surface area contributed by atoms with E-state index in [2.05, 4.69) is 328 Å². The first kappa shape index (κ1) is 123. The molecular weight excluding hydrogens is 2230 g/mol. The molecular formula is C110H151IN12O12P2Y4-4. The van der Waals surface area contributed by atoms with Crippen molar-refractivity contribution >= 4 is 72.3 Å². The van der Waals surface area contributed by atoms with Crippen molar-refractivity contribution in [2.75, 3.05) is 178 Å². The minimum atomic E-state index is -0.695. The quantitative estimate of drug-likeness (QED) is 0.0153. The molecule has 20 rings (SSSR count). The van der Waals surface area contributed by atoms with E-state index in [4.69, 9.17) is 0 Å². The third kappa shape index (κ3) is 35.7. The Hall–Kier alpha value is -3.28. The van der Waals surface area contributed by atoms with Gasteiger partial charge in [0.1, 0.15) is 5.78 Å². The fourth-order valence-electron chi connectivity index (χ4n) is 20.7. The van der Waals surface area contributed by atoms with E-state index in [1.807, 2.05) is 38.3 Å². The smallest absolute Gasteiger partial charge is 0.219 e. The number of nitrogens with zero attached hydrogens (tertiary/aromatic N) is 10. The SMILES string of the molecule is CC(=O)N1CC(C2(O)CCN([C-]=O)CC2)C1.CCOC.IC1CN(C(c2ccccc2)c2ccccc2)C1.O=C1CCN(P)CC1.O=[C-]N1CCC(O)(C2CN(C(c3ccccc3)c3ccccc3)C2)CC1.O=[C-]N1CCC(O)(C2CNC2)CC1.OC1(C2CN(C(c3ccccc3)c3ccccc3)C2)CCN(P)CC1.OC1(C2CN(C(c3ccccc3)c3ccccc3)C2)CCNCC1.[2HH].[CH2-]OC.[Y].[Y].[Y].[Y]. The average Bonchev–Trinajstić information content (AvgIpc) is 0.765. The summed E-state index contributed by atoms with van der Waals surface area (Å²) in [6, 6.07) is 86.9. The zero-order valence-electron chi connectivity index (χ0n) is 83.1. The van der Waals surface area contributed by atoms with Gasteiger partial charge in [0.05, 0.1) is 52.2 Å². The average molecular weight is 2380 g/mol. The summed E-state index contributed by atoms with van der Waals surface area (Å²) < 4.78 is 13.7. The molecule has 12 aliphatic rings. The molecule has 2 unspecified atom stereocenters. The molecule has 12 fully saturated rings. The van der Waals surface area contributed by atoms with Gasteiger partial charge in [0.15, 0.2) is 0 Å². The van der Waals surface area contributed by atoms with E-state index in [0.29, 0.717) is 120 Å². The predicted molar refractivity (Wildman–Crippen MR) is 560 cm³/mol. The van der Waals surface area contributed by atoms with E-state index in [9.17, 15) is 49.5 Å². The molecule has 756 valence electrons. The summed E-state index contributed by atoms with van der Waals surface area (Å²) in [5.41, 5.74) is 7.86. The first-order chi connectivity index (χ1) is 66.4. The van der Waals surface area contributed by atoms with Gasteiger partial charge in [0.25, 0.3) is 0 Å². The van der Waals surface area contributed by atoms with Gasteiger partial charge in [-0.1, -0.05) is 284 Å². The molecule has 0 aromatic heterocycles. The summed E-state index contributed by atoms with van der Waals surface area (Å²) >= 11 is 2.54. The number of hydrogen-bond acceptors (Lipinski definition) is 20. The molecule has 24 nitrogen and oxygen atoms in total. The Morgan fingerprint density at radius 2 is 0.596 bits per heavy atom. The molecule has 12 heterocycles. The number of hydrogen-bond donors (Lipinski definition) is 7. The number of benzene rings is 8. The third-order valence-corrected chi connectivity index (χ3v) is 31.8. The Kier molecular flexibility index (Phi) is 54.5. The van der Waals surface area contributed by atoms with E-state index in [-0.39, 0.29) is 168 Å². The topological polar surface area (TPSA) is 261 Å². The van der Waals surface area contributed by atoms with Crippen LogP contribution in [0.2, 0.25) is 0 Å². The van der Waals surface area contributed by atoms with Gasteiger partial charge in [0, 0.05) is 304 Å². The molecule has 4 amide bonds. The number of Topliss-reactive ketones (excluding diaryl/α,β-unsaturated/α-hetero) is 1. The summed E-state index contributed by atoms with van der Waals surface area (Å²) in [6.07, 6.45) is 14.6. The van der Waals surface area contributed by atoms with Crippen LogP contribution in [0, 0.1) is 36.7 Å². The molecule has 8 aromatic rings. The minimum Gasteiger partial charge on any atom is -0.557 e. The number of piperidine rings is 6. The van der Waals surface area contributed by atoms with E-state index < -0.39 is 28.0 Å². The molecule has 141 heavy (non-hydrogen) atoms. The van der Waals surface area contributed by atoms with Gasteiger partial charge < -0.3 is 79.6 Å². The summed E-state index contributed by atoms with van der Waals surface area (Å²) in [6.45, 7) is 24.8. The number of halogens is 1. The van der Waals surface area contributed by atoms with Crippen molar-refractivity contribution in [1.82, 2.24) is 59.2 Å². The van der Waals surface area contributed by atoms with Crippen LogP contribution < -0.4 is 10.6 Å². The Labute approximate surface area is 960 Å². The largest absolute Gasteiger partial charge is 0.557 e. The molecule has 4 radical (unpaired) electrons. The standard InChI is InChI=1S/C22H25N2O2.C21H27N2OP.C21H26N2O.C16H16IN.C11H17N2O3.C9H15N2O2.C5H10NOP.C3H8O.C2H5O.4Y.H2/c25-17-23-13-11-22(26,12-14-23)20-15-24(16-20)21(18-7-3-1-4-8-18)19-9-5-2-6-10-19;24-21(11-13-23(25)14-12-21)19-15-22(16-19)20(17-7-3-1-4-8-17)18-9-5-2-6-10-18;24-21(11-13-22-14-12-21)19-15-23(16-19)20(17-7-3-1-4-8-17)18-9-5-2-6-10-18;17-15-11-18(12-15)16(13-7-3-1-4-8-13)14-9-5-2-6-10-14;1-9(15)13-6-10(7-13)11(16)2-4-12(8-14)5-3-11;12-7-11-3-1-9(13,2-4-11)8-5-10-6-8;7-5-1-3-6(8)4-2-5;1-3-4-2;1-3-2;;;;;/h1-10,20-21,26H,11-16H2;1-10,19-20,24H,11-16,25H2;1-10,19-20,22,24H,11-16H2;1-10,15-16H,11-12H2;10,16H,2-7H2,1H3;8,10,13H,1-6H2;1-4,8H2;3H2,1-2H3;1H2,2H3;;;;;1H/q-1;;;;2*-1;;;-1;;;;;/i;;;;;;;;;;;;;1+1. The second kappa shape index (κ2) is 62.5. The second-order valence-electron chi connectivity index (χ2n) is 38.9. The Bertz CT molecular complexity index is 4650. The predicted octanol–water partition coefficient (Wildman–Crippen LogP) is 12.9. The van der Waals surface area contributed by atoms with Gasteiger partial charge in [-0.15, -0.1) is 0 Å². The van der Waals surface area contributed by atoms with Crippen LogP contribution >= 0.6 is 41.4 Å². The molecule has 12 saturated heterocycles. The summed E-state index contributed by atoms with van der Waals surface area (Å²) in [7, 11) is 11.5. The van der Waals surface area contributed by atoms with Crippen LogP contribution in [-0.4, -0.2) is 315 Å². The van der Waals surface area contributed by atoms with Crippen LogP contribution in [0.3, 0.4) is 0 Å². The van der Waals surface area contributed by atoms with Crippen molar-refractivity contribution in [3.63, 3.8) is 0 Å². The van der Waals surface area contributed by atoms with E-state index in [1.54, 1.807) is 33.6 Å². The normalized spacial score (nSPS) is 20.7. The summed E-state index contributed by atoms with van der Waals surface area (Å²) in [5, 5.41) is 60.2. The number of nitrogens with one attached hydrogen (secondary N) is 2. The number of methoxy groups -OCH3 is 2. The van der Waals surface area contributed by atoms with Crippen molar-refractivity contribution in [1.29, 1.82) is 0 Å². The number of amides is 4. The van der Waals surface area contributed by atoms with Crippen LogP contribution in [0.1, 0.15) is 161 Å². The van der Waals surface area contributed by atoms with Gasteiger partial charge in [-0.3, -0.25) is 38.5 Å². The maximum absolute atomic E-state index is 11.1. The summed E-state index contributed by atoms with van der Waals surface area (Å²) in [4.78, 5) is 69.8. The Balaban J connectivity index is 0.000000225. The molecule has 2 atom stereocenters. The molecule has 12 aliphatic heterocycles. The van der Waals surface area contributed by atoms with Gasteiger partial charge in [-0.05, 0) is 175 Å². The number of ether oxygens (including phenoxy) is 2. The van der Waals surface area contributed by atoms with Crippen molar-refractivity contribution in [3.05, 3.63) is 294 Å². The number of carbonyl (C=O) groups is 2. The third-order valence-electron chi connectivity index (χ3n) is 29.9. The van der Waals surface area contributed by atoms with Crippen molar-refractivity contribution in [2.24, 2.45) is 29.6 Å². The van der Waals surface area contributed by atoms with Crippen LogP contribution in [0.4, 0.5) is 0 Å². The molecule has 0 bridgehead atoms. The summed E-state index contributed by atoms with van der Waals surface area (Å²) in [5.74, 6) is 2.09. The minimum absolute atomic E-state index is 0. The maximum Gasteiger partial charge on any atom is 0.219 e. The fraction of sp³-hybridized carbons (Fsp3) is 0.509. The number of alkyl halides is 1. The number of likely N-dealkylation sites (tertiary alicyclic amines) is 8. The van der Waals surface area contributed by atoms with Gasteiger partial charge in [-0.2, -0.15) is 19.2 Å². The van der Waals surface area contributed by atoms with Crippen LogP contribution in [0.25, 0.3) is 0 Å². The molecule has 31 heteroatoms. The number of ketones is 1. The maximum atomic E-state index is 11.1. The zero-order chi connectivity index (χ0) is 97.2. The second-order valence-corrected chi connectivity index (χ2v) is 42.1. The zero-order valence-corrected chi connectivity index (χ0v) is 99.0. The molecule has 0 spiro atoms. The monoisotopic (exact) mass is 2380 g/mol. The van der Waals surface area contributed by atoms with Crippen molar-refractivity contribution in [2.45, 2.75) is 147 Å². The van der Waals surface area contributed by atoms with Gasteiger partial charge >= 0.3 is 0 Å². The Morgan fingerprint density at radius 1 is 0.383 bits per heavy atom. The van der Waals surface area contributed by atoms with Crippen molar-refractivity contribution < 1.29 is 191 Å². The Morgan fingerprint density at radius 3 is 0.801 bits per heavy atom. The molecule has 7 N–H and O–H groups in total. The number of rotatable bonds is 21. The van der Waals surface area contributed by atoms with E-state index in [0.717, 1.165) is 141 Å². The fourth-order valence-corrected chi connectivity index (χ4v) is 22.2.